The Morgan fingerprint density at radius 2 is 2.05 bits per heavy atom. The maximum Gasteiger partial charge on any atom is 0.400 e. The first kappa shape index (κ1) is 14.9. The van der Waals surface area contributed by atoms with Gasteiger partial charge in [-0.1, -0.05) is 18.3 Å². The van der Waals surface area contributed by atoms with Gasteiger partial charge in [-0.3, -0.25) is 0 Å². The van der Waals surface area contributed by atoms with Gasteiger partial charge in [-0.05, 0) is 17.7 Å². The monoisotopic (exact) mass is 307 g/mol. The topological polar surface area (TPSA) is 53.7 Å². The standard InChI is InChI=1S/C12H12F3NO3S/c13-12(14,15)8(11(16)20)5-17-4-7-1-2-9-10(3-7)19-6-18-9/h1-3,8H,4-6H2,(H2,16,20). The third kappa shape index (κ3) is 3.51. The van der Waals surface area contributed by atoms with Crippen LogP contribution in [0.15, 0.2) is 18.2 Å². The van der Waals surface area contributed by atoms with Gasteiger partial charge in [0.05, 0.1) is 18.2 Å². The van der Waals surface area contributed by atoms with Gasteiger partial charge in [-0.25, -0.2) is 0 Å². The van der Waals surface area contributed by atoms with E-state index in [1.807, 2.05) is 0 Å². The summed E-state index contributed by atoms with van der Waals surface area (Å²) in [7, 11) is 0. The maximum atomic E-state index is 12.6. The van der Waals surface area contributed by atoms with E-state index in [0.29, 0.717) is 17.1 Å². The minimum absolute atomic E-state index is 0.00579. The van der Waals surface area contributed by atoms with Gasteiger partial charge in [-0.2, -0.15) is 13.2 Å². The van der Waals surface area contributed by atoms with Crippen LogP contribution in [0.3, 0.4) is 0 Å². The number of halogens is 3. The third-order valence-electron chi connectivity index (χ3n) is 2.73. The fourth-order valence-electron chi connectivity index (χ4n) is 1.66. The molecular formula is C12H12F3NO3S. The summed E-state index contributed by atoms with van der Waals surface area (Å²) in [6.07, 6.45) is -4.50. The highest BCUT2D eigenvalue weighted by Gasteiger charge is 2.41. The lowest BCUT2D eigenvalue weighted by molar-refractivity contribution is -0.168. The molecule has 0 amide bonds. The van der Waals surface area contributed by atoms with Crippen LogP contribution in [0, 0.1) is 5.92 Å². The van der Waals surface area contributed by atoms with Crippen LogP contribution in [0.4, 0.5) is 13.2 Å². The molecule has 4 nitrogen and oxygen atoms in total. The van der Waals surface area contributed by atoms with E-state index in [0.717, 1.165) is 0 Å². The van der Waals surface area contributed by atoms with E-state index in [2.05, 4.69) is 12.2 Å². The second-order valence-electron chi connectivity index (χ2n) is 4.20. The molecule has 0 radical (unpaired) electrons. The van der Waals surface area contributed by atoms with E-state index in [-0.39, 0.29) is 13.4 Å². The lowest BCUT2D eigenvalue weighted by atomic mass is 10.1. The Kier molecular flexibility index (Phi) is 4.34. The van der Waals surface area contributed by atoms with Crippen molar-refractivity contribution < 1.29 is 27.4 Å². The Morgan fingerprint density at radius 3 is 2.70 bits per heavy atom. The van der Waals surface area contributed by atoms with Crippen molar-refractivity contribution in [2.45, 2.75) is 12.8 Å². The fraction of sp³-hybridized carbons (Fsp3) is 0.417. The zero-order valence-corrected chi connectivity index (χ0v) is 11.1. The van der Waals surface area contributed by atoms with Crippen LogP contribution in [0.2, 0.25) is 0 Å². The van der Waals surface area contributed by atoms with Gasteiger partial charge in [0, 0.05) is 0 Å². The molecule has 0 fully saturated rings. The van der Waals surface area contributed by atoms with Gasteiger partial charge in [-0.15, -0.1) is 0 Å². The van der Waals surface area contributed by atoms with Gasteiger partial charge >= 0.3 is 6.18 Å². The summed E-state index contributed by atoms with van der Waals surface area (Å²) in [5.74, 6) is -0.788. The van der Waals surface area contributed by atoms with Crippen molar-refractivity contribution in [1.29, 1.82) is 0 Å². The molecule has 0 saturated carbocycles. The molecule has 0 bridgehead atoms. The zero-order chi connectivity index (χ0) is 14.8. The van der Waals surface area contributed by atoms with Gasteiger partial charge < -0.3 is 19.9 Å². The molecule has 8 heteroatoms. The maximum absolute atomic E-state index is 12.6. The molecule has 1 aromatic rings. The molecule has 1 aromatic carbocycles. The van der Waals surface area contributed by atoms with Crippen LogP contribution in [-0.4, -0.2) is 24.6 Å². The molecule has 1 aliphatic rings. The van der Waals surface area contributed by atoms with E-state index in [1.165, 1.54) is 0 Å². The van der Waals surface area contributed by atoms with Crippen LogP contribution in [0.5, 0.6) is 11.5 Å². The second-order valence-corrected chi connectivity index (χ2v) is 4.67. The number of hydrogen-bond acceptors (Lipinski definition) is 4. The number of rotatable bonds is 5. The van der Waals surface area contributed by atoms with Crippen LogP contribution in [0.1, 0.15) is 5.56 Å². The van der Waals surface area contributed by atoms with Crippen LogP contribution < -0.4 is 15.2 Å². The second kappa shape index (κ2) is 5.84. The summed E-state index contributed by atoms with van der Waals surface area (Å²) < 4.78 is 53.1. The molecule has 1 atom stereocenters. The number of hydrogen-bond donors (Lipinski definition) is 1. The largest absolute Gasteiger partial charge is 0.454 e. The van der Waals surface area contributed by atoms with E-state index in [9.17, 15) is 13.2 Å². The summed E-state index contributed by atoms with van der Waals surface area (Å²) in [6.45, 7) is -0.462. The van der Waals surface area contributed by atoms with E-state index >= 15 is 0 Å². The highest BCUT2D eigenvalue weighted by atomic mass is 32.1. The lowest BCUT2D eigenvalue weighted by Gasteiger charge is -2.18. The highest BCUT2D eigenvalue weighted by Crippen LogP contribution is 2.33. The normalized spacial score (nSPS) is 15.2. The van der Waals surface area contributed by atoms with Gasteiger partial charge in [0.25, 0.3) is 0 Å². The first-order valence-corrected chi connectivity index (χ1v) is 6.11. The fourth-order valence-corrected chi connectivity index (χ4v) is 1.86. The van der Waals surface area contributed by atoms with Crippen LogP contribution in [0.25, 0.3) is 0 Å². The highest BCUT2D eigenvalue weighted by molar-refractivity contribution is 7.80. The summed E-state index contributed by atoms with van der Waals surface area (Å²) in [5.41, 5.74) is 5.75. The Morgan fingerprint density at radius 1 is 1.35 bits per heavy atom. The molecule has 0 aromatic heterocycles. The van der Waals surface area contributed by atoms with E-state index in [4.69, 9.17) is 19.9 Å². The van der Waals surface area contributed by atoms with Gasteiger partial charge in [0.1, 0.15) is 5.92 Å². The number of fused-ring (bicyclic) bond motifs is 1. The van der Waals surface area contributed by atoms with Crippen LogP contribution in [-0.2, 0) is 11.3 Å². The Hall–Kier alpha value is -1.54. The van der Waals surface area contributed by atoms with Crippen molar-refractivity contribution in [2.24, 2.45) is 11.7 Å². The molecule has 2 rings (SSSR count). The van der Waals surface area contributed by atoms with Gasteiger partial charge in [0.15, 0.2) is 11.5 Å². The van der Waals surface area contributed by atoms with E-state index in [1.54, 1.807) is 18.2 Å². The number of benzene rings is 1. The molecule has 1 heterocycles. The van der Waals surface area contributed by atoms with Crippen LogP contribution >= 0.6 is 12.2 Å². The number of nitrogens with two attached hydrogens (primary N) is 1. The average Bonchev–Trinajstić information content (AvgIpc) is 2.79. The first-order chi connectivity index (χ1) is 9.38. The smallest absolute Gasteiger partial charge is 0.400 e. The predicted octanol–water partition coefficient (Wildman–Crippen LogP) is 2.40. The molecule has 1 unspecified atom stereocenters. The molecule has 0 saturated heterocycles. The zero-order valence-electron chi connectivity index (χ0n) is 10.3. The SMILES string of the molecule is NC(=S)C(COCc1ccc2c(c1)OCO2)C(F)(F)F. The van der Waals surface area contributed by atoms with Crippen molar-refractivity contribution in [2.75, 3.05) is 13.4 Å². The van der Waals surface area contributed by atoms with Gasteiger partial charge in [0.2, 0.25) is 6.79 Å². The van der Waals surface area contributed by atoms with E-state index < -0.39 is 23.7 Å². The quantitative estimate of drug-likeness (QED) is 0.847. The number of ether oxygens (including phenoxy) is 3. The number of alkyl halides is 3. The Bertz CT molecular complexity index is 507. The lowest BCUT2D eigenvalue weighted by Crippen LogP contribution is -2.37. The molecule has 2 N–H and O–H groups in total. The molecular weight excluding hydrogens is 295 g/mol. The summed E-state index contributed by atoms with van der Waals surface area (Å²) in [4.78, 5) is -0.622. The molecule has 0 aliphatic carbocycles. The van der Waals surface area contributed by atoms with Crippen molar-refractivity contribution in [3.8, 4) is 11.5 Å². The minimum atomic E-state index is -4.50. The van der Waals surface area contributed by atoms with Crippen molar-refractivity contribution in [1.82, 2.24) is 0 Å². The average molecular weight is 307 g/mol. The summed E-state index contributed by atoms with van der Waals surface area (Å²) >= 11 is 4.40. The Labute approximate surface area is 118 Å². The number of thiocarbonyl (C=S) groups is 1. The summed E-state index contributed by atoms with van der Waals surface area (Å²) in [6, 6.07) is 5.03. The molecule has 110 valence electrons. The van der Waals surface area contributed by atoms with Crippen molar-refractivity contribution in [3.05, 3.63) is 23.8 Å². The first-order valence-electron chi connectivity index (χ1n) is 5.70. The predicted molar refractivity (Wildman–Crippen MR) is 68.6 cm³/mol. The molecule has 20 heavy (non-hydrogen) atoms. The molecule has 0 spiro atoms. The van der Waals surface area contributed by atoms with Crippen molar-refractivity contribution in [3.63, 3.8) is 0 Å². The Balaban J connectivity index is 1.91. The molecule has 1 aliphatic heterocycles. The third-order valence-corrected chi connectivity index (χ3v) is 3.01. The summed E-state index contributed by atoms with van der Waals surface area (Å²) in [5, 5.41) is 0. The van der Waals surface area contributed by atoms with Crippen molar-refractivity contribution >= 4 is 17.2 Å². The minimum Gasteiger partial charge on any atom is -0.454 e.